The van der Waals surface area contributed by atoms with Crippen LogP contribution in [0, 0.1) is 0 Å². The number of carboxylic acid groups (broad SMARTS) is 2. The Labute approximate surface area is 158 Å². The molecule has 1 aliphatic rings. The van der Waals surface area contributed by atoms with E-state index >= 15 is 0 Å². The summed E-state index contributed by atoms with van der Waals surface area (Å²) in [5, 5.41) is 51.1. The summed E-state index contributed by atoms with van der Waals surface area (Å²) in [6, 6.07) is 3.61. The lowest BCUT2D eigenvalue weighted by molar-refractivity contribution is 0.0693. The number of aromatic hydroxyl groups is 3. The minimum atomic E-state index is -1.47. The lowest BCUT2D eigenvalue weighted by atomic mass is 9.96. The number of phenols is 3. The summed E-state index contributed by atoms with van der Waals surface area (Å²) in [7, 11) is 1.32. The van der Waals surface area contributed by atoms with Crippen molar-refractivity contribution in [2.45, 2.75) is 0 Å². The molecule has 9 heteroatoms. The number of rotatable bonds is 4. The fourth-order valence-corrected chi connectivity index (χ4v) is 2.80. The van der Waals surface area contributed by atoms with Gasteiger partial charge in [-0.15, -0.1) is 0 Å². The second-order valence-electron chi connectivity index (χ2n) is 5.87. The van der Waals surface area contributed by atoms with Crippen LogP contribution in [-0.2, 0) is 0 Å². The lowest BCUT2D eigenvalue weighted by Gasteiger charge is -2.20. The Balaban J connectivity index is 2.11. The van der Waals surface area contributed by atoms with E-state index in [2.05, 4.69) is 5.32 Å². The van der Waals surface area contributed by atoms with Crippen LogP contribution >= 0.6 is 0 Å². The Morgan fingerprint density at radius 1 is 0.964 bits per heavy atom. The van der Waals surface area contributed by atoms with Crippen molar-refractivity contribution in [2.24, 2.45) is 0 Å². The van der Waals surface area contributed by atoms with E-state index in [1.165, 1.54) is 37.5 Å². The molecule has 0 saturated heterocycles. The van der Waals surface area contributed by atoms with Crippen molar-refractivity contribution in [2.75, 3.05) is 12.4 Å². The summed E-state index contributed by atoms with van der Waals surface area (Å²) in [6.45, 7) is 0. The average molecular weight is 385 g/mol. The highest BCUT2D eigenvalue weighted by atomic mass is 16.5. The number of allylic oxidation sites excluding steroid dienone is 1. The summed E-state index contributed by atoms with van der Waals surface area (Å²) in [6.07, 6.45) is 4.46. The number of nitrogens with one attached hydrogen (secondary N) is 1. The highest BCUT2D eigenvalue weighted by Gasteiger charge is 2.25. The zero-order valence-electron chi connectivity index (χ0n) is 14.4. The van der Waals surface area contributed by atoms with E-state index in [9.17, 15) is 35.1 Å². The van der Waals surface area contributed by atoms with E-state index in [1.807, 2.05) is 0 Å². The molecule has 2 aromatic rings. The normalized spacial score (nSPS) is 13.7. The van der Waals surface area contributed by atoms with Crippen molar-refractivity contribution in [1.82, 2.24) is 0 Å². The van der Waals surface area contributed by atoms with Gasteiger partial charge in [-0.25, -0.2) is 9.59 Å². The zero-order valence-corrected chi connectivity index (χ0v) is 14.4. The molecule has 3 rings (SSSR count). The molecule has 28 heavy (non-hydrogen) atoms. The van der Waals surface area contributed by atoms with E-state index in [1.54, 1.807) is 0 Å². The molecule has 6 N–H and O–H groups in total. The van der Waals surface area contributed by atoms with Crippen molar-refractivity contribution >= 4 is 29.8 Å². The van der Waals surface area contributed by atoms with Crippen molar-refractivity contribution in [3.63, 3.8) is 0 Å². The number of aromatic carboxylic acids is 2. The number of hydrogen-bond acceptors (Lipinski definition) is 7. The van der Waals surface area contributed by atoms with Crippen LogP contribution in [0.2, 0.25) is 0 Å². The Morgan fingerprint density at radius 3 is 2.25 bits per heavy atom. The van der Waals surface area contributed by atoms with Gasteiger partial charge in [0, 0.05) is 11.3 Å². The molecule has 1 aliphatic heterocycles. The highest BCUT2D eigenvalue weighted by molar-refractivity contribution is 6.04. The molecule has 0 unspecified atom stereocenters. The van der Waals surface area contributed by atoms with Gasteiger partial charge in [0.05, 0.1) is 18.4 Å². The molecule has 0 amide bonds. The summed E-state index contributed by atoms with van der Waals surface area (Å²) < 4.78 is 4.97. The Morgan fingerprint density at radius 2 is 1.64 bits per heavy atom. The molecular formula is C19H15NO8. The Hall–Kier alpha value is -4.14. The number of benzene rings is 2. The standard InChI is InChI=1S/C19H15NO8/c1-28-14-6-8(5-13(21)17(14)23)4-9-2-3-10-11(18(24)25)7-12(19(26)27)16(22)15(10)20-9/h2-7,20-23H,1H3,(H,24,25)(H,26,27)/b9-4+. The predicted octanol–water partition coefficient (Wildman–Crippen LogP) is 2.69. The first kappa shape index (κ1) is 18.6. The molecule has 1 heterocycles. The predicted molar refractivity (Wildman–Crippen MR) is 99.0 cm³/mol. The first-order valence-electron chi connectivity index (χ1n) is 7.86. The molecular weight excluding hydrogens is 370 g/mol. The lowest BCUT2D eigenvalue weighted by Crippen LogP contribution is -2.12. The van der Waals surface area contributed by atoms with Crippen LogP contribution in [0.3, 0.4) is 0 Å². The fourth-order valence-electron chi connectivity index (χ4n) is 2.80. The van der Waals surface area contributed by atoms with E-state index in [0.29, 0.717) is 11.3 Å². The maximum Gasteiger partial charge on any atom is 0.339 e. The van der Waals surface area contributed by atoms with Gasteiger partial charge in [0.25, 0.3) is 0 Å². The van der Waals surface area contributed by atoms with Crippen LogP contribution in [0.5, 0.6) is 23.0 Å². The third-order valence-corrected chi connectivity index (χ3v) is 4.12. The topological polar surface area (TPSA) is 157 Å². The van der Waals surface area contributed by atoms with E-state index in [0.717, 1.165) is 6.07 Å². The van der Waals surface area contributed by atoms with Crippen LogP contribution in [0.4, 0.5) is 5.69 Å². The van der Waals surface area contributed by atoms with Gasteiger partial charge < -0.3 is 35.6 Å². The highest BCUT2D eigenvalue weighted by Crippen LogP contribution is 2.40. The van der Waals surface area contributed by atoms with E-state index in [4.69, 9.17) is 4.74 Å². The van der Waals surface area contributed by atoms with Gasteiger partial charge >= 0.3 is 11.9 Å². The quantitative estimate of drug-likeness (QED) is 0.435. The number of anilines is 1. The van der Waals surface area contributed by atoms with Gasteiger partial charge in [0.15, 0.2) is 17.2 Å². The monoisotopic (exact) mass is 385 g/mol. The van der Waals surface area contributed by atoms with Crippen molar-refractivity contribution < 1.29 is 39.9 Å². The first-order chi connectivity index (χ1) is 13.2. The van der Waals surface area contributed by atoms with E-state index < -0.39 is 34.8 Å². The molecule has 0 bridgehead atoms. The minimum absolute atomic E-state index is 0.0382. The van der Waals surface area contributed by atoms with Crippen LogP contribution in [0.15, 0.2) is 30.0 Å². The number of carboxylic acids is 2. The van der Waals surface area contributed by atoms with Gasteiger partial charge in [-0.1, -0.05) is 0 Å². The molecule has 0 saturated carbocycles. The van der Waals surface area contributed by atoms with Gasteiger partial charge in [0.1, 0.15) is 5.56 Å². The SMILES string of the molecule is COc1cc(/C=C2\C=Cc3c(C(=O)O)cc(C(=O)O)c(O)c3N2)cc(O)c1O. The van der Waals surface area contributed by atoms with Gasteiger partial charge in [-0.3, -0.25) is 0 Å². The van der Waals surface area contributed by atoms with Crippen LogP contribution in [0.1, 0.15) is 31.8 Å². The van der Waals surface area contributed by atoms with Crippen molar-refractivity contribution in [1.29, 1.82) is 0 Å². The maximum atomic E-state index is 11.5. The summed E-state index contributed by atoms with van der Waals surface area (Å²) in [5.74, 6) is -4.21. The molecule has 0 atom stereocenters. The third kappa shape index (κ3) is 3.16. The summed E-state index contributed by atoms with van der Waals surface area (Å²) in [5.41, 5.74) is 0.0161. The summed E-state index contributed by atoms with van der Waals surface area (Å²) in [4.78, 5) is 22.8. The molecule has 0 radical (unpaired) electrons. The second kappa shape index (κ2) is 6.88. The van der Waals surface area contributed by atoms with Crippen LogP contribution < -0.4 is 10.1 Å². The number of hydrogen-bond donors (Lipinski definition) is 6. The van der Waals surface area contributed by atoms with Gasteiger partial charge in [-0.05, 0) is 42.0 Å². The molecule has 0 aromatic heterocycles. The number of methoxy groups -OCH3 is 1. The Bertz CT molecular complexity index is 1070. The molecule has 0 spiro atoms. The van der Waals surface area contributed by atoms with Crippen LogP contribution in [0.25, 0.3) is 12.2 Å². The molecule has 9 nitrogen and oxygen atoms in total. The Kier molecular flexibility index (Phi) is 4.58. The fraction of sp³-hybridized carbons (Fsp3) is 0.0526. The van der Waals surface area contributed by atoms with Crippen molar-refractivity contribution in [3.8, 4) is 23.0 Å². The van der Waals surface area contributed by atoms with Gasteiger partial charge in [0.2, 0.25) is 5.75 Å². The molecule has 0 aliphatic carbocycles. The van der Waals surface area contributed by atoms with Gasteiger partial charge in [-0.2, -0.15) is 0 Å². The minimum Gasteiger partial charge on any atom is -0.505 e. The largest absolute Gasteiger partial charge is 0.505 e. The molecule has 0 fully saturated rings. The van der Waals surface area contributed by atoms with Crippen molar-refractivity contribution in [3.05, 3.63) is 52.2 Å². The van der Waals surface area contributed by atoms with Crippen LogP contribution in [-0.4, -0.2) is 44.6 Å². The van der Waals surface area contributed by atoms with E-state index in [-0.39, 0.29) is 22.6 Å². The third-order valence-electron chi connectivity index (χ3n) is 4.12. The molecule has 144 valence electrons. The first-order valence-corrected chi connectivity index (χ1v) is 7.86. The summed E-state index contributed by atoms with van der Waals surface area (Å²) >= 11 is 0. The number of ether oxygens (including phenoxy) is 1. The molecule has 2 aromatic carbocycles. The average Bonchev–Trinajstić information content (AvgIpc) is 2.64. The maximum absolute atomic E-state index is 11.5. The number of fused-ring (bicyclic) bond motifs is 1. The number of phenolic OH excluding ortho intramolecular Hbond substituents is 2. The number of carbonyl (C=O) groups is 2. The smallest absolute Gasteiger partial charge is 0.339 e. The zero-order chi connectivity index (χ0) is 20.6. The second-order valence-corrected chi connectivity index (χ2v) is 5.87.